The molecule has 1 amide bonds. The summed E-state index contributed by atoms with van der Waals surface area (Å²) in [5.74, 6) is 0.991. The first kappa shape index (κ1) is 14.0. The summed E-state index contributed by atoms with van der Waals surface area (Å²) in [6.45, 7) is 3.58. The van der Waals surface area contributed by atoms with Crippen molar-refractivity contribution in [3.8, 4) is 0 Å². The van der Waals surface area contributed by atoms with Gasteiger partial charge in [0, 0.05) is 50.9 Å². The van der Waals surface area contributed by atoms with E-state index in [-0.39, 0.29) is 11.9 Å². The minimum atomic E-state index is -0.778. The highest BCUT2D eigenvalue weighted by atomic mass is 19.1. The Balaban J connectivity index is 1.67. The van der Waals surface area contributed by atoms with Gasteiger partial charge in [-0.3, -0.25) is 4.79 Å². The SMILES string of the molecule is CCc1nccn1CCC(=O)NC[C@@H]1C[C@H](F)CN1. The number of amides is 1. The standard InChI is InChI=1S/C13H21FN4O/c1-2-12-15-4-6-18(12)5-3-13(19)17-9-11-7-10(14)8-16-11/h4,6,10-11,16H,2-3,5,7-9H2,1H3,(H,17,19)/t10-,11-/m0/s1. The molecule has 1 aliphatic rings. The molecule has 0 saturated carbocycles. The van der Waals surface area contributed by atoms with Gasteiger partial charge in [0.15, 0.2) is 0 Å². The molecule has 106 valence electrons. The van der Waals surface area contributed by atoms with E-state index in [9.17, 15) is 9.18 Å². The van der Waals surface area contributed by atoms with Crippen LogP contribution in [0.3, 0.4) is 0 Å². The number of halogens is 1. The fraction of sp³-hybridized carbons (Fsp3) is 0.692. The Hall–Kier alpha value is -1.43. The Morgan fingerprint density at radius 3 is 3.21 bits per heavy atom. The van der Waals surface area contributed by atoms with Gasteiger partial charge < -0.3 is 15.2 Å². The monoisotopic (exact) mass is 268 g/mol. The lowest BCUT2D eigenvalue weighted by molar-refractivity contribution is -0.121. The van der Waals surface area contributed by atoms with Gasteiger partial charge in [0.1, 0.15) is 12.0 Å². The van der Waals surface area contributed by atoms with Crippen LogP contribution in [0, 0.1) is 0 Å². The van der Waals surface area contributed by atoms with Gasteiger partial charge in [0.05, 0.1) is 0 Å². The smallest absolute Gasteiger partial charge is 0.221 e. The average molecular weight is 268 g/mol. The van der Waals surface area contributed by atoms with Crippen LogP contribution in [0.15, 0.2) is 12.4 Å². The molecule has 2 rings (SSSR count). The van der Waals surface area contributed by atoms with Gasteiger partial charge >= 0.3 is 0 Å². The molecule has 0 radical (unpaired) electrons. The van der Waals surface area contributed by atoms with Crippen LogP contribution in [0.4, 0.5) is 4.39 Å². The maximum Gasteiger partial charge on any atom is 0.221 e. The lowest BCUT2D eigenvalue weighted by atomic mass is 10.2. The highest BCUT2D eigenvalue weighted by Crippen LogP contribution is 2.08. The van der Waals surface area contributed by atoms with Crippen LogP contribution in [0.25, 0.3) is 0 Å². The zero-order valence-electron chi connectivity index (χ0n) is 11.2. The van der Waals surface area contributed by atoms with Crippen molar-refractivity contribution in [1.82, 2.24) is 20.2 Å². The lowest BCUT2D eigenvalue weighted by Gasteiger charge is -2.12. The van der Waals surface area contributed by atoms with E-state index in [1.165, 1.54) is 0 Å². The van der Waals surface area contributed by atoms with E-state index in [2.05, 4.69) is 15.6 Å². The van der Waals surface area contributed by atoms with Gasteiger partial charge in [0.25, 0.3) is 0 Å². The number of alkyl halides is 1. The van der Waals surface area contributed by atoms with Crippen LogP contribution in [-0.2, 0) is 17.8 Å². The number of aryl methyl sites for hydroxylation is 2. The highest BCUT2D eigenvalue weighted by Gasteiger charge is 2.23. The maximum absolute atomic E-state index is 12.9. The van der Waals surface area contributed by atoms with Crippen molar-refractivity contribution in [1.29, 1.82) is 0 Å². The summed E-state index contributed by atoms with van der Waals surface area (Å²) in [5, 5.41) is 5.89. The fourth-order valence-electron chi connectivity index (χ4n) is 2.33. The Kier molecular flexibility index (Phi) is 4.90. The van der Waals surface area contributed by atoms with Gasteiger partial charge in [0.2, 0.25) is 5.91 Å². The van der Waals surface area contributed by atoms with Gasteiger partial charge in [-0.1, -0.05) is 6.92 Å². The number of rotatable bonds is 6. The van der Waals surface area contributed by atoms with Crippen molar-refractivity contribution in [3.05, 3.63) is 18.2 Å². The van der Waals surface area contributed by atoms with Crippen LogP contribution < -0.4 is 10.6 Å². The second-order valence-electron chi connectivity index (χ2n) is 4.88. The number of nitrogens with zero attached hydrogens (tertiary/aromatic N) is 2. The van der Waals surface area contributed by atoms with Crippen molar-refractivity contribution >= 4 is 5.91 Å². The summed E-state index contributed by atoms with van der Waals surface area (Å²) in [5.41, 5.74) is 0. The van der Waals surface area contributed by atoms with Crippen LogP contribution in [0.2, 0.25) is 0 Å². The Morgan fingerprint density at radius 2 is 2.53 bits per heavy atom. The molecule has 0 spiro atoms. The molecule has 1 fully saturated rings. The van der Waals surface area contributed by atoms with E-state index in [1.54, 1.807) is 6.20 Å². The number of imidazole rings is 1. The molecular formula is C13H21FN4O. The number of nitrogens with one attached hydrogen (secondary N) is 2. The molecule has 0 unspecified atom stereocenters. The third-order valence-electron chi connectivity index (χ3n) is 3.41. The largest absolute Gasteiger partial charge is 0.354 e. The molecular weight excluding hydrogens is 247 g/mol. The molecule has 5 nitrogen and oxygen atoms in total. The molecule has 6 heteroatoms. The van der Waals surface area contributed by atoms with E-state index in [0.29, 0.717) is 32.5 Å². The Labute approximate surface area is 112 Å². The number of hydrogen-bond acceptors (Lipinski definition) is 3. The lowest BCUT2D eigenvalue weighted by Crippen LogP contribution is -2.37. The van der Waals surface area contributed by atoms with E-state index >= 15 is 0 Å². The van der Waals surface area contributed by atoms with Crippen LogP contribution in [0.1, 0.15) is 25.6 Å². The van der Waals surface area contributed by atoms with E-state index in [0.717, 1.165) is 12.2 Å². The first-order valence-electron chi connectivity index (χ1n) is 6.83. The number of carbonyl (C=O) groups excluding carboxylic acids is 1. The third kappa shape index (κ3) is 4.02. The molecule has 19 heavy (non-hydrogen) atoms. The predicted octanol–water partition coefficient (Wildman–Crippen LogP) is 0.652. The first-order valence-corrected chi connectivity index (χ1v) is 6.83. The molecule has 2 heterocycles. The molecule has 2 N–H and O–H groups in total. The zero-order chi connectivity index (χ0) is 13.7. The molecule has 1 aliphatic heterocycles. The summed E-state index contributed by atoms with van der Waals surface area (Å²) < 4.78 is 14.9. The van der Waals surface area contributed by atoms with Gasteiger partial charge in [-0.05, 0) is 6.42 Å². The summed E-state index contributed by atoms with van der Waals surface area (Å²) in [6.07, 6.45) is 4.63. The third-order valence-corrected chi connectivity index (χ3v) is 3.41. The van der Waals surface area contributed by atoms with Crippen molar-refractivity contribution in [3.63, 3.8) is 0 Å². The summed E-state index contributed by atoms with van der Waals surface area (Å²) in [7, 11) is 0. The Bertz CT molecular complexity index is 421. The minimum absolute atomic E-state index is 0.000128. The van der Waals surface area contributed by atoms with Gasteiger partial charge in [-0.15, -0.1) is 0 Å². The molecule has 2 atom stereocenters. The minimum Gasteiger partial charge on any atom is -0.354 e. The number of hydrogen-bond donors (Lipinski definition) is 2. The van der Waals surface area contributed by atoms with Crippen molar-refractivity contribution in [2.45, 2.75) is 44.9 Å². The molecule has 1 aromatic rings. The predicted molar refractivity (Wildman–Crippen MR) is 70.5 cm³/mol. The molecule has 1 aromatic heterocycles. The van der Waals surface area contributed by atoms with E-state index in [4.69, 9.17) is 0 Å². The van der Waals surface area contributed by atoms with Crippen molar-refractivity contribution in [2.24, 2.45) is 0 Å². The average Bonchev–Trinajstić information content (AvgIpc) is 3.02. The van der Waals surface area contributed by atoms with E-state index in [1.807, 2.05) is 17.7 Å². The fourth-order valence-corrected chi connectivity index (χ4v) is 2.33. The quantitative estimate of drug-likeness (QED) is 0.796. The van der Waals surface area contributed by atoms with Crippen LogP contribution in [0.5, 0.6) is 0 Å². The number of aromatic nitrogens is 2. The van der Waals surface area contributed by atoms with Crippen LogP contribution in [-0.4, -0.2) is 40.8 Å². The second-order valence-corrected chi connectivity index (χ2v) is 4.88. The molecule has 1 saturated heterocycles. The van der Waals surface area contributed by atoms with Gasteiger partial charge in [-0.2, -0.15) is 0 Å². The summed E-state index contributed by atoms with van der Waals surface area (Å²) >= 11 is 0. The summed E-state index contributed by atoms with van der Waals surface area (Å²) in [4.78, 5) is 15.9. The zero-order valence-corrected chi connectivity index (χ0v) is 11.2. The normalized spacial score (nSPS) is 22.6. The van der Waals surface area contributed by atoms with Gasteiger partial charge in [-0.25, -0.2) is 9.37 Å². The second kappa shape index (κ2) is 6.65. The summed E-state index contributed by atoms with van der Waals surface area (Å²) in [6, 6.07) is 0.0680. The molecule has 0 bridgehead atoms. The molecule has 0 aromatic carbocycles. The molecule has 0 aliphatic carbocycles. The highest BCUT2D eigenvalue weighted by molar-refractivity contribution is 5.75. The van der Waals surface area contributed by atoms with E-state index < -0.39 is 6.17 Å². The number of carbonyl (C=O) groups is 1. The van der Waals surface area contributed by atoms with Crippen molar-refractivity contribution in [2.75, 3.05) is 13.1 Å². The topological polar surface area (TPSA) is 59.0 Å². The van der Waals surface area contributed by atoms with Crippen molar-refractivity contribution < 1.29 is 9.18 Å². The van der Waals surface area contributed by atoms with Crippen LogP contribution >= 0.6 is 0 Å². The Morgan fingerprint density at radius 1 is 1.68 bits per heavy atom. The maximum atomic E-state index is 12.9. The first-order chi connectivity index (χ1) is 9.19.